The first kappa shape index (κ1) is 31.9. The van der Waals surface area contributed by atoms with Crippen LogP contribution < -0.4 is 0 Å². The highest BCUT2D eigenvalue weighted by Crippen LogP contribution is 2.44. The second-order valence-electron chi connectivity index (χ2n) is 14.4. The highest BCUT2D eigenvalue weighted by molar-refractivity contribution is 7.25. The van der Waals surface area contributed by atoms with Crippen LogP contribution in [-0.4, -0.2) is 24.1 Å². The molecule has 266 valence electrons. The Labute approximate surface area is 331 Å². The number of rotatable bonds is 5. The van der Waals surface area contributed by atoms with E-state index in [-0.39, 0.29) is 0 Å². The summed E-state index contributed by atoms with van der Waals surface area (Å²) in [4.78, 5) is 15.0. The van der Waals surface area contributed by atoms with E-state index in [9.17, 15) is 0 Å². The van der Waals surface area contributed by atoms with E-state index in [4.69, 9.17) is 15.0 Å². The lowest BCUT2D eigenvalue weighted by atomic mass is 10.1. The van der Waals surface area contributed by atoms with E-state index in [0.29, 0.717) is 17.5 Å². The first-order valence-corrected chi connectivity index (χ1v) is 19.9. The number of hydrogen-bond donors (Lipinski definition) is 0. The summed E-state index contributed by atoms with van der Waals surface area (Å²) in [5, 5.41) is 7.34. The molecule has 0 N–H and O–H groups in total. The van der Waals surface area contributed by atoms with Crippen molar-refractivity contribution in [3.05, 3.63) is 188 Å². The number of thiophene rings is 1. The molecule has 0 amide bonds. The lowest BCUT2D eigenvalue weighted by Gasteiger charge is -2.14. The molecule has 0 atom stereocenters. The maximum Gasteiger partial charge on any atom is 0.164 e. The predicted molar refractivity (Wildman–Crippen MR) is 238 cm³/mol. The zero-order valence-electron chi connectivity index (χ0n) is 30.5. The number of hydrogen-bond acceptors (Lipinski definition) is 4. The van der Waals surface area contributed by atoms with Crippen molar-refractivity contribution in [2.24, 2.45) is 0 Å². The van der Waals surface area contributed by atoms with E-state index in [1.54, 1.807) is 0 Å². The van der Waals surface area contributed by atoms with Gasteiger partial charge in [0.2, 0.25) is 0 Å². The van der Waals surface area contributed by atoms with Crippen LogP contribution in [0, 0.1) is 0 Å². The zero-order valence-corrected chi connectivity index (χ0v) is 31.4. The Bertz CT molecular complexity index is 3400. The SMILES string of the molecule is c1ccc(-c2nc(-c3ccccc3)nc(-c3ccc4sc5cc6c(cc5c4c3)c3cccc(-n4c5ccccc5c5ccccc54)c3n6-c3ccccc3)n2)cc1. The lowest BCUT2D eigenvalue weighted by Crippen LogP contribution is -2.00. The van der Waals surface area contributed by atoms with Crippen molar-refractivity contribution >= 4 is 75.1 Å². The van der Waals surface area contributed by atoms with Crippen LogP contribution in [0.15, 0.2) is 188 Å². The van der Waals surface area contributed by atoms with Gasteiger partial charge in [-0.15, -0.1) is 11.3 Å². The fraction of sp³-hybridized carbons (Fsp3) is 0. The minimum Gasteiger partial charge on any atom is -0.307 e. The molecule has 0 aliphatic rings. The van der Waals surface area contributed by atoms with Gasteiger partial charge in [0.15, 0.2) is 17.5 Å². The maximum atomic E-state index is 5.05. The monoisotopic (exact) mass is 745 g/mol. The molecule has 0 spiro atoms. The average molecular weight is 746 g/mol. The Morgan fingerprint density at radius 1 is 0.333 bits per heavy atom. The van der Waals surface area contributed by atoms with Crippen LogP contribution in [0.25, 0.3) is 109 Å². The number of nitrogens with zero attached hydrogens (tertiary/aromatic N) is 5. The lowest BCUT2D eigenvalue weighted by molar-refractivity contribution is 1.07. The van der Waals surface area contributed by atoms with Crippen LogP contribution in [0.4, 0.5) is 0 Å². The van der Waals surface area contributed by atoms with Crippen molar-refractivity contribution in [3.63, 3.8) is 0 Å². The summed E-state index contributed by atoms with van der Waals surface area (Å²) in [7, 11) is 0. The molecule has 0 saturated heterocycles. The summed E-state index contributed by atoms with van der Waals surface area (Å²) in [5.74, 6) is 1.97. The fourth-order valence-electron chi connectivity index (χ4n) is 8.60. The molecule has 4 heterocycles. The molecule has 4 aromatic heterocycles. The Kier molecular flexibility index (Phi) is 7.03. The van der Waals surface area contributed by atoms with Gasteiger partial charge in [-0.05, 0) is 60.7 Å². The van der Waals surface area contributed by atoms with Crippen LogP contribution in [-0.2, 0) is 0 Å². The van der Waals surface area contributed by atoms with Gasteiger partial charge in [0.1, 0.15) is 0 Å². The van der Waals surface area contributed by atoms with Crippen molar-refractivity contribution in [3.8, 4) is 45.5 Å². The molecule has 0 bridgehead atoms. The smallest absolute Gasteiger partial charge is 0.164 e. The van der Waals surface area contributed by atoms with E-state index in [1.807, 2.05) is 72.0 Å². The van der Waals surface area contributed by atoms with Gasteiger partial charge in [-0.25, -0.2) is 15.0 Å². The molecule has 0 unspecified atom stereocenters. The third-order valence-electron chi connectivity index (χ3n) is 11.1. The van der Waals surface area contributed by atoms with Crippen LogP contribution in [0.3, 0.4) is 0 Å². The Hall–Kier alpha value is -7.41. The quantitative estimate of drug-likeness (QED) is 0.176. The number of fused-ring (bicyclic) bond motifs is 9. The molecule has 5 nitrogen and oxygen atoms in total. The topological polar surface area (TPSA) is 48.5 Å². The van der Waals surface area contributed by atoms with E-state index in [1.165, 1.54) is 63.8 Å². The standard InChI is InChI=1S/C51H31N5S/c1-4-15-32(16-5-1)49-52-50(33-17-6-2-7-18-33)54-51(53-49)34-27-28-46-40(29-34)41-30-39-38-23-14-26-44(56-42-24-12-10-21-36(42)37-22-11-13-25-43(37)56)48(38)55(35-19-8-3-9-20-35)45(39)31-47(41)57-46/h1-31H. The minimum absolute atomic E-state index is 0.654. The number of benzene rings is 8. The zero-order chi connectivity index (χ0) is 37.5. The first-order valence-electron chi connectivity index (χ1n) is 19.1. The number of aromatic nitrogens is 5. The molecule has 12 rings (SSSR count). The van der Waals surface area contributed by atoms with Crippen molar-refractivity contribution in [2.45, 2.75) is 0 Å². The Balaban J connectivity index is 1.11. The molecular weight excluding hydrogens is 715 g/mol. The van der Waals surface area contributed by atoms with Gasteiger partial charge in [0.05, 0.1) is 27.8 Å². The van der Waals surface area contributed by atoms with Crippen LogP contribution in [0.1, 0.15) is 0 Å². The largest absolute Gasteiger partial charge is 0.307 e. The predicted octanol–water partition coefficient (Wildman–Crippen LogP) is 13.4. The van der Waals surface area contributed by atoms with Crippen molar-refractivity contribution in [2.75, 3.05) is 0 Å². The summed E-state index contributed by atoms with van der Waals surface area (Å²) >= 11 is 1.83. The second-order valence-corrected chi connectivity index (χ2v) is 15.5. The summed E-state index contributed by atoms with van der Waals surface area (Å²) in [6, 6.07) is 66.7. The highest BCUT2D eigenvalue weighted by Gasteiger charge is 2.22. The summed E-state index contributed by atoms with van der Waals surface area (Å²) in [5.41, 5.74) is 9.90. The summed E-state index contributed by atoms with van der Waals surface area (Å²) in [6.45, 7) is 0. The third-order valence-corrected chi connectivity index (χ3v) is 12.3. The normalized spacial score (nSPS) is 11.9. The molecule has 0 fully saturated rings. The molecule has 0 radical (unpaired) electrons. The molecule has 6 heteroatoms. The number of para-hydroxylation sites is 4. The van der Waals surface area contributed by atoms with E-state index in [2.05, 4.69) is 137 Å². The van der Waals surface area contributed by atoms with E-state index >= 15 is 0 Å². The van der Waals surface area contributed by atoms with Gasteiger partial charge in [0.25, 0.3) is 0 Å². The molecule has 0 aliphatic heterocycles. The van der Waals surface area contributed by atoms with Gasteiger partial charge >= 0.3 is 0 Å². The molecular formula is C51H31N5S. The van der Waals surface area contributed by atoms with Gasteiger partial charge in [-0.3, -0.25) is 0 Å². The van der Waals surface area contributed by atoms with Gasteiger partial charge < -0.3 is 9.13 Å². The van der Waals surface area contributed by atoms with Crippen molar-refractivity contribution in [1.29, 1.82) is 0 Å². The molecule has 8 aromatic carbocycles. The minimum atomic E-state index is 0.654. The van der Waals surface area contributed by atoms with Crippen molar-refractivity contribution in [1.82, 2.24) is 24.1 Å². The molecule has 0 aliphatic carbocycles. The average Bonchev–Trinajstić information content (AvgIpc) is 3.93. The van der Waals surface area contributed by atoms with E-state index < -0.39 is 0 Å². The molecule has 12 aromatic rings. The highest BCUT2D eigenvalue weighted by atomic mass is 32.1. The van der Waals surface area contributed by atoms with Crippen LogP contribution in [0.2, 0.25) is 0 Å². The molecule has 57 heavy (non-hydrogen) atoms. The van der Waals surface area contributed by atoms with Crippen LogP contribution in [0.5, 0.6) is 0 Å². The van der Waals surface area contributed by atoms with Crippen LogP contribution >= 0.6 is 11.3 Å². The van der Waals surface area contributed by atoms with E-state index in [0.717, 1.165) is 28.1 Å². The van der Waals surface area contributed by atoms with Crippen molar-refractivity contribution < 1.29 is 0 Å². The second kappa shape index (κ2) is 12.6. The third kappa shape index (κ3) is 4.98. The van der Waals surface area contributed by atoms with Gasteiger partial charge in [-0.1, -0.05) is 127 Å². The Morgan fingerprint density at radius 3 is 1.53 bits per heavy atom. The van der Waals surface area contributed by atoms with Gasteiger partial charge in [-0.2, -0.15) is 0 Å². The fourth-order valence-corrected chi connectivity index (χ4v) is 9.70. The summed E-state index contributed by atoms with van der Waals surface area (Å²) in [6.07, 6.45) is 0. The Morgan fingerprint density at radius 2 is 0.877 bits per heavy atom. The summed E-state index contributed by atoms with van der Waals surface area (Å²) < 4.78 is 7.36. The molecule has 0 saturated carbocycles. The maximum absolute atomic E-state index is 5.05. The van der Waals surface area contributed by atoms with Gasteiger partial charge in [0, 0.05) is 64.1 Å². The first-order chi connectivity index (χ1) is 28.3.